The van der Waals surface area contributed by atoms with Gasteiger partial charge in [0.2, 0.25) is 0 Å². The maximum atomic E-state index is 11.4. The lowest BCUT2D eigenvalue weighted by Gasteiger charge is -2.31. The van der Waals surface area contributed by atoms with Crippen LogP contribution in [0.15, 0.2) is 12.1 Å². The Kier molecular flexibility index (Phi) is 3.40. The van der Waals surface area contributed by atoms with Crippen molar-refractivity contribution in [1.29, 1.82) is 0 Å². The number of benzene rings is 1. The highest BCUT2D eigenvalue weighted by Crippen LogP contribution is 2.35. The zero-order valence-corrected chi connectivity index (χ0v) is 11.6. The predicted molar refractivity (Wildman–Crippen MR) is 79.1 cm³/mol. The minimum atomic E-state index is -0.134. The summed E-state index contributed by atoms with van der Waals surface area (Å²) < 4.78 is 5.35. The van der Waals surface area contributed by atoms with E-state index < -0.39 is 0 Å². The first-order chi connectivity index (χ1) is 9.61. The van der Waals surface area contributed by atoms with Crippen LogP contribution < -0.4 is 21.1 Å². The van der Waals surface area contributed by atoms with Gasteiger partial charge < -0.3 is 26.0 Å². The molecule has 0 aliphatic carbocycles. The molecule has 6 heteroatoms. The first-order valence-electron chi connectivity index (χ1n) is 6.93. The Morgan fingerprint density at radius 3 is 3.15 bits per heavy atom. The number of carbonyl (C=O) groups is 1. The van der Waals surface area contributed by atoms with E-state index in [0.717, 1.165) is 25.2 Å². The number of likely N-dealkylation sites (tertiary alicyclic amines) is 1. The number of hydrogen-bond acceptors (Lipinski definition) is 5. The minimum absolute atomic E-state index is 0.0482. The third-order valence-corrected chi connectivity index (χ3v) is 3.77. The average Bonchev–Trinajstić information content (AvgIpc) is 2.40. The van der Waals surface area contributed by atoms with Gasteiger partial charge in [-0.25, -0.2) is 0 Å². The fourth-order valence-electron chi connectivity index (χ4n) is 2.77. The van der Waals surface area contributed by atoms with E-state index in [9.17, 15) is 4.79 Å². The highest BCUT2D eigenvalue weighted by Gasteiger charge is 2.21. The van der Waals surface area contributed by atoms with Crippen molar-refractivity contribution in [2.24, 2.45) is 0 Å². The van der Waals surface area contributed by atoms with E-state index in [1.54, 1.807) is 6.07 Å². The molecular weight excluding hydrogens is 256 g/mol. The van der Waals surface area contributed by atoms with Crippen LogP contribution in [0.1, 0.15) is 12.8 Å². The molecule has 0 bridgehead atoms. The number of likely N-dealkylation sites (N-methyl/N-ethyl adjacent to an activating group) is 1. The average molecular weight is 276 g/mol. The molecular formula is C14H20N4O2. The Labute approximate surface area is 118 Å². The maximum absolute atomic E-state index is 11.4. The molecule has 2 aliphatic heterocycles. The minimum Gasteiger partial charge on any atom is -0.482 e. The molecule has 1 atom stereocenters. The summed E-state index contributed by atoms with van der Waals surface area (Å²) in [6, 6.07) is 4.01. The van der Waals surface area contributed by atoms with Crippen molar-refractivity contribution in [2.45, 2.75) is 18.9 Å². The third-order valence-electron chi connectivity index (χ3n) is 3.77. The summed E-state index contributed by atoms with van der Waals surface area (Å²) in [6.45, 7) is 2.19. The number of fused-ring (bicyclic) bond motifs is 1. The molecule has 4 N–H and O–H groups in total. The number of amides is 1. The van der Waals surface area contributed by atoms with Gasteiger partial charge in [-0.05, 0) is 32.5 Å². The summed E-state index contributed by atoms with van der Waals surface area (Å²) in [7, 11) is 2.12. The van der Waals surface area contributed by atoms with Gasteiger partial charge >= 0.3 is 0 Å². The van der Waals surface area contributed by atoms with Crippen LogP contribution in [-0.4, -0.2) is 43.6 Å². The van der Waals surface area contributed by atoms with Gasteiger partial charge in [0.1, 0.15) is 5.75 Å². The van der Waals surface area contributed by atoms with E-state index in [1.807, 2.05) is 6.07 Å². The number of rotatable bonds is 2. The first-order valence-corrected chi connectivity index (χ1v) is 6.93. The van der Waals surface area contributed by atoms with Gasteiger partial charge in [0.05, 0.1) is 17.1 Å². The summed E-state index contributed by atoms with van der Waals surface area (Å²) in [5.41, 5.74) is 8.25. The number of nitrogens with zero attached hydrogens (tertiary/aromatic N) is 1. The van der Waals surface area contributed by atoms with Gasteiger partial charge in [0.25, 0.3) is 5.91 Å². The first kappa shape index (κ1) is 13.1. The predicted octanol–water partition coefficient (Wildman–Crippen LogP) is 1.11. The Bertz CT molecular complexity index is 532. The van der Waals surface area contributed by atoms with Gasteiger partial charge in [0, 0.05) is 18.7 Å². The van der Waals surface area contributed by atoms with E-state index in [1.165, 1.54) is 6.42 Å². The summed E-state index contributed by atoms with van der Waals surface area (Å²) in [6.07, 6.45) is 2.31. The number of ether oxygens (including phenoxy) is 1. The quantitative estimate of drug-likeness (QED) is 0.705. The highest BCUT2D eigenvalue weighted by atomic mass is 16.5. The molecule has 1 unspecified atom stereocenters. The van der Waals surface area contributed by atoms with Gasteiger partial charge in [-0.3, -0.25) is 4.79 Å². The summed E-state index contributed by atoms with van der Waals surface area (Å²) >= 11 is 0. The molecule has 108 valence electrons. The van der Waals surface area contributed by atoms with Crippen molar-refractivity contribution in [3.05, 3.63) is 12.1 Å². The molecule has 20 heavy (non-hydrogen) atoms. The summed E-state index contributed by atoms with van der Waals surface area (Å²) in [4.78, 5) is 13.7. The fourth-order valence-corrected chi connectivity index (χ4v) is 2.77. The molecule has 2 heterocycles. The molecule has 1 saturated heterocycles. The van der Waals surface area contributed by atoms with Crippen LogP contribution in [-0.2, 0) is 4.79 Å². The van der Waals surface area contributed by atoms with Crippen molar-refractivity contribution >= 4 is 23.0 Å². The van der Waals surface area contributed by atoms with Gasteiger partial charge in [-0.15, -0.1) is 0 Å². The smallest absolute Gasteiger partial charge is 0.262 e. The molecule has 1 aromatic carbocycles. The molecule has 0 saturated carbocycles. The topological polar surface area (TPSA) is 79.6 Å². The van der Waals surface area contributed by atoms with Crippen LogP contribution in [0.25, 0.3) is 0 Å². The molecule has 1 amide bonds. The zero-order valence-electron chi connectivity index (χ0n) is 11.6. The highest BCUT2D eigenvalue weighted by molar-refractivity contribution is 5.97. The Balaban J connectivity index is 1.79. The van der Waals surface area contributed by atoms with Crippen LogP contribution in [0.3, 0.4) is 0 Å². The van der Waals surface area contributed by atoms with Crippen molar-refractivity contribution in [2.75, 3.05) is 43.1 Å². The number of nitrogens with two attached hydrogens (primary N) is 1. The van der Waals surface area contributed by atoms with Gasteiger partial charge in [-0.2, -0.15) is 0 Å². The van der Waals surface area contributed by atoms with Crippen molar-refractivity contribution < 1.29 is 9.53 Å². The fraction of sp³-hybridized carbons (Fsp3) is 0.500. The molecule has 2 aliphatic rings. The maximum Gasteiger partial charge on any atom is 0.262 e. The standard InChI is InChI=1S/C14H20N4O2/c1-18-4-2-3-9(7-18)16-11-6-12-13(5-10(11)15)20-8-14(19)17-12/h5-6,9,16H,2-4,7-8,15H2,1H3,(H,17,19). The lowest BCUT2D eigenvalue weighted by atomic mass is 10.1. The second kappa shape index (κ2) is 5.20. The largest absolute Gasteiger partial charge is 0.482 e. The van der Waals surface area contributed by atoms with Gasteiger partial charge in [0.15, 0.2) is 6.61 Å². The summed E-state index contributed by atoms with van der Waals surface area (Å²) in [5.74, 6) is 0.499. The van der Waals surface area contributed by atoms with E-state index >= 15 is 0 Å². The second-order valence-corrected chi connectivity index (χ2v) is 5.52. The lowest BCUT2D eigenvalue weighted by Crippen LogP contribution is -2.39. The zero-order chi connectivity index (χ0) is 14.1. The monoisotopic (exact) mass is 276 g/mol. The van der Waals surface area contributed by atoms with E-state index in [0.29, 0.717) is 23.2 Å². The molecule has 0 spiro atoms. The third kappa shape index (κ3) is 2.65. The SMILES string of the molecule is CN1CCCC(Nc2cc3c(cc2N)OCC(=O)N3)C1. The molecule has 3 rings (SSSR count). The van der Waals surface area contributed by atoms with E-state index in [-0.39, 0.29) is 12.5 Å². The normalized spacial score (nSPS) is 22.6. The van der Waals surface area contributed by atoms with Crippen LogP contribution in [0.5, 0.6) is 5.75 Å². The van der Waals surface area contributed by atoms with Crippen LogP contribution in [0, 0.1) is 0 Å². The Morgan fingerprint density at radius 1 is 1.50 bits per heavy atom. The van der Waals surface area contributed by atoms with Crippen molar-refractivity contribution in [3.8, 4) is 5.75 Å². The number of nitrogens with one attached hydrogen (secondary N) is 2. The molecule has 0 aromatic heterocycles. The van der Waals surface area contributed by atoms with E-state index in [2.05, 4.69) is 22.6 Å². The molecule has 6 nitrogen and oxygen atoms in total. The molecule has 1 aromatic rings. The van der Waals surface area contributed by atoms with Crippen LogP contribution in [0.4, 0.5) is 17.1 Å². The second-order valence-electron chi connectivity index (χ2n) is 5.52. The Hall–Kier alpha value is -1.95. The Morgan fingerprint density at radius 2 is 2.35 bits per heavy atom. The number of carbonyl (C=O) groups excluding carboxylic acids is 1. The number of hydrogen-bond donors (Lipinski definition) is 3. The van der Waals surface area contributed by atoms with Crippen LogP contribution in [0.2, 0.25) is 0 Å². The number of nitrogen functional groups attached to an aromatic ring is 1. The number of anilines is 3. The lowest BCUT2D eigenvalue weighted by molar-refractivity contribution is -0.118. The summed E-state index contributed by atoms with van der Waals surface area (Å²) in [5, 5.41) is 6.27. The van der Waals surface area contributed by atoms with Crippen molar-refractivity contribution in [3.63, 3.8) is 0 Å². The van der Waals surface area contributed by atoms with Crippen molar-refractivity contribution in [1.82, 2.24) is 4.90 Å². The molecule has 1 fully saturated rings. The molecule has 0 radical (unpaired) electrons. The number of piperidine rings is 1. The van der Waals surface area contributed by atoms with Gasteiger partial charge in [-0.1, -0.05) is 0 Å². The van der Waals surface area contributed by atoms with Crippen LogP contribution >= 0.6 is 0 Å². The van der Waals surface area contributed by atoms with E-state index in [4.69, 9.17) is 10.5 Å².